The van der Waals surface area contributed by atoms with E-state index in [-0.39, 0.29) is 11.5 Å². The average molecular weight is 258 g/mol. The second-order valence-corrected chi connectivity index (χ2v) is 6.08. The zero-order valence-electron chi connectivity index (χ0n) is 10.3. The minimum absolute atomic E-state index is 0.0637. The Morgan fingerprint density at radius 1 is 1.12 bits per heavy atom. The van der Waals surface area contributed by atoms with Crippen LogP contribution in [0.15, 0.2) is 29.2 Å². The van der Waals surface area contributed by atoms with Crippen LogP contribution in [0.3, 0.4) is 0 Å². The lowest BCUT2D eigenvalue weighted by Crippen LogP contribution is -2.23. The van der Waals surface area contributed by atoms with E-state index in [1.165, 1.54) is 18.4 Å². The predicted molar refractivity (Wildman–Crippen MR) is 67.7 cm³/mol. The molecule has 1 aromatic carbocycles. The lowest BCUT2D eigenvalue weighted by molar-refractivity contribution is 0.304. The van der Waals surface area contributed by atoms with E-state index in [0.717, 1.165) is 5.69 Å². The van der Waals surface area contributed by atoms with Crippen molar-refractivity contribution < 1.29 is 13.5 Å². The quantitative estimate of drug-likeness (QED) is 0.828. The Kier molecular flexibility index (Phi) is 4.50. The van der Waals surface area contributed by atoms with Gasteiger partial charge in [-0.15, -0.1) is 0 Å². The number of rotatable bonds is 5. The molecule has 6 heteroatoms. The third kappa shape index (κ3) is 3.18. The molecule has 1 N–H and O–H groups in total. The molecule has 0 saturated carbocycles. The molecule has 0 saturated heterocycles. The Balaban J connectivity index is 2.96. The van der Waals surface area contributed by atoms with Crippen molar-refractivity contribution in [3.8, 4) is 0 Å². The largest absolute Gasteiger partial charge is 0.395 e. The van der Waals surface area contributed by atoms with Gasteiger partial charge in [0.1, 0.15) is 0 Å². The number of aliphatic hydroxyl groups is 1. The Hall–Kier alpha value is -1.11. The second-order valence-electron chi connectivity index (χ2n) is 3.93. The molecule has 0 fully saturated rings. The standard InChI is InChI=1S/C11H18N2O3S/c1-12(2)17(15,16)11-6-4-10(5-7-11)13(3)8-9-14/h4-7,14H,8-9H2,1-3H3. The molecule has 0 unspecified atom stereocenters. The van der Waals surface area contributed by atoms with Gasteiger partial charge in [-0.1, -0.05) is 0 Å². The van der Waals surface area contributed by atoms with E-state index in [4.69, 9.17) is 5.11 Å². The summed E-state index contributed by atoms with van der Waals surface area (Å²) in [6.07, 6.45) is 0. The monoisotopic (exact) mass is 258 g/mol. The van der Waals surface area contributed by atoms with E-state index >= 15 is 0 Å². The van der Waals surface area contributed by atoms with Gasteiger partial charge in [0, 0.05) is 33.4 Å². The van der Waals surface area contributed by atoms with E-state index in [9.17, 15) is 8.42 Å². The first kappa shape index (κ1) is 14.0. The lowest BCUT2D eigenvalue weighted by Gasteiger charge is -2.18. The van der Waals surface area contributed by atoms with Crippen LogP contribution in [0, 0.1) is 0 Å². The summed E-state index contributed by atoms with van der Waals surface area (Å²) in [6.45, 7) is 0.577. The summed E-state index contributed by atoms with van der Waals surface area (Å²) in [5.74, 6) is 0. The highest BCUT2D eigenvalue weighted by molar-refractivity contribution is 7.89. The Morgan fingerprint density at radius 3 is 2.06 bits per heavy atom. The number of benzene rings is 1. The van der Waals surface area contributed by atoms with Crippen LogP contribution < -0.4 is 4.90 Å². The molecule has 0 aliphatic rings. The van der Waals surface area contributed by atoms with Crippen LogP contribution in [-0.2, 0) is 10.0 Å². The van der Waals surface area contributed by atoms with Gasteiger partial charge in [-0.05, 0) is 24.3 Å². The van der Waals surface area contributed by atoms with Crippen LogP contribution in [0.5, 0.6) is 0 Å². The summed E-state index contributed by atoms with van der Waals surface area (Å²) < 4.78 is 24.8. The van der Waals surface area contributed by atoms with Gasteiger partial charge in [0.05, 0.1) is 11.5 Å². The minimum atomic E-state index is -3.37. The van der Waals surface area contributed by atoms with Gasteiger partial charge in [-0.2, -0.15) is 0 Å². The van der Waals surface area contributed by atoms with Crippen molar-refractivity contribution in [2.75, 3.05) is 39.2 Å². The van der Waals surface area contributed by atoms with Crippen molar-refractivity contribution in [3.05, 3.63) is 24.3 Å². The average Bonchev–Trinajstić information content (AvgIpc) is 2.29. The highest BCUT2D eigenvalue weighted by Crippen LogP contribution is 2.18. The fourth-order valence-corrected chi connectivity index (χ4v) is 2.26. The van der Waals surface area contributed by atoms with E-state index < -0.39 is 10.0 Å². The van der Waals surface area contributed by atoms with Crippen LogP contribution in [0.2, 0.25) is 0 Å². The zero-order valence-corrected chi connectivity index (χ0v) is 11.1. The Bertz CT molecular complexity index is 454. The molecular weight excluding hydrogens is 240 g/mol. The van der Waals surface area contributed by atoms with Gasteiger partial charge in [0.15, 0.2) is 0 Å². The molecule has 17 heavy (non-hydrogen) atoms. The summed E-state index contributed by atoms with van der Waals surface area (Å²) in [5.41, 5.74) is 0.872. The number of sulfonamides is 1. The van der Waals surface area contributed by atoms with Crippen LogP contribution >= 0.6 is 0 Å². The lowest BCUT2D eigenvalue weighted by atomic mass is 10.3. The number of hydrogen-bond donors (Lipinski definition) is 1. The van der Waals surface area contributed by atoms with Crippen LogP contribution in [0.25, 0.3) is 0 Å². The summed E-state index contributed by atoms with van der Waals surface area (Å²) >= 11 is 0. The van der Waals surface area contributed by atoms with E-state index in [2.05, 4.69) is 0 Å². The van der Waals surface area contributed by atoms with Gasteiger partial charge in [0.2, 0.25) is 10.0 Å². The molecule has 0 radical (unpaired) electrons. The highest BCUT2D eigenvalue weighted by Gasteiger charge is 2.16. The van der Waals surface area contributed by atoms with Gasteiger partial charge in [0.25, 0.3) is 0 Å². The van der Waals surface area contributed by atoms with Crippen molar-refractivity contribution in [2.24, 2.45) is 0 Å². The SMILES string of the molecule is CN(CCO)c1ccc(S(=O)(=O)N(C)C)cc1. The van der Waals surface area contributed by atoms with E-state index in [1.54, 1.807) is 24.3 Å². The topological polar surface area (TPSA) is 60.9 Å². The first-order valence-electron chi connectivity index (χ1n) is 5.24. The number of aliphatic hydroxyl groups excluding tert-OH is 1. The zero-order chi connectivity index (χ0) is 13.1. The van der Waals surface area contributed by atoms with Crippen molar-refractivity contribution in [1.82, 2.24) is 4.31 Å². The fourth-order valence-electron chi connectivity index (χ4n) is 1.36. The van der Waals surface area contributed by atoms with Gasteiger partial charge in [-0.3, -0.25) is 0 Å². The summed E-state index contributed by atoms with van der Waals surface area (Å²) in [7, 11) is 1.47. The molecular formula is C11H18N2O3S. The highest BCUT2D eigenvalue weighted by atomic mass is 32.2. The second kappa shape index (κ2) is 5.48. The molecule has 1 rings (SSSR count). The van der Waals surface area contributed by atoms with Gasteiger partial charge < -0.3 is 10.0 Å². The molecule has 0 bridgehead atoms. The fraction of sp³-hybridized carbons (Fsp3) is 0.455. The predicted octanol–water partition coefficient (Wildman–Crippen LogP) is 0.365. The van der Waals surface area contributed by atoms with Gasteiger partial charge in [-0.25, -0.2) is 12.7 Å². The maximum Gasteiger partial charge on any atom is 0.242 e. The molecule has 1 aromatic rings. The van der Waals surface area contributed by atoms with Gasteiger partial charge >= 0.3 is 0 Å². The molecule has 0 amide bonds. The molecule has 0 aromatic heterocycles. The van der Waals surface area contributed by atoms with Crippen molar-refractivity contribution in [2.45, 2.75) is 4.90 Å². The van der Waals surface area contributed by atoms with Crippen LogP contribution in [-0.4, -0.2) is 52.1 Å². The maximum absolute atomic E-state index is 11.8. The molecule has 5 nitrogen and oxygen atoms in total. The maximum atomic E-state index is 11.8. The molecule has 0 aliphatic carbocycles. The number of anilines is 1. The number of nitrogens with zero attached hydrogens (tertiary/aromatic N) is 2. The number of likely N-dealkylation sites (N-methyl/N-ethyl adjacent to an activating group) is 1. The summed E-state index contributed by atoms with van der Waals surface area (Å²) in [4.78, 5) is 2.12. The smallest absolute Gasteiger partial charge is 0.242 e. The Labute approximate surface area is 102 Å². The first-order chi connectivity index (χ1) is 7.89. The molecule has 0 atom stereocenters. The minimum Gasteiger partial charge on any atom is -0.395 e. The molecule has 0 aliphatic heterocycles. The first-order valence-corrected chi connectivity index (χ1v) is 6.68. The van der Waals surface area contributed by atoms with Crippen molar-refractivity contribution >= 4 is 15.7 Å². The molecule has 0 spiro atoms. The summed E-state index contributed by atoms with van der Waals surface area (Å²) in [5, 5.41) is 8.81. The third-order valence-electron chi connectivity index (χ3n) is 2.49. The number of hydrogen-bond acceptors (Lipinski definition) is 4. The summed E-state index contributed by atoms with van der Waals surface area (Å²) in [6, 6.07) is 6.59. The van der Waals surface area contributed by atoms with Crippen molar-refractivity contribution in [1.29, 1.82) is 0 Å². The van der Waals surface area contributed by atoms with Crippen molar-refractivity contribution in [3.63, 3.8) is 0 Å². The third-order valence-corrected chi connectivity index (χ3v) is 4.32. The Morgan fingerprint density at radius 2 is 1.65 bits per heavy atom. The van der Waals surface area contributed by atoms with E-state index in [1.807, 2.05) is 11.9 Å². The normalized spacial score (nSPS) is 11.8. The van der Waals surface area contributed by atoms with Crippen LogP contribution in [0.4, 0.5) is 5.69 Å². The van der Waals surface area contributed by atoms with Crippen LogP contribution in [0.1, 0.15) is 0 Å². The molecule has 0 heterocycles. The van der Waals surface area contributed by atoms with E-state index in [0.29, 0.717) is 6.54 Å². The molecule has 96 valence electrons.